The quantitative estimate of drug-likeness (QED) is 0.639. The normalized spacial score (nSPS) is 15.3. The number of hydrogen-bond acceptors (Lipinski definition) is 2. The third kappa shape index (κ3) is 1.51. The van der Waals surface area contributed by atoms with Gasteiger partial charge in [0, 0.05) is 23.8 Å². The van der Waals surface area contributed by atoms with Gasteiger partial charge in [-0.25, -0.2) is 0 Å². The Kier molecular flexibility index (Phi) is 2.25. The van der Waals surface area contributed by atoms with Crippen LogP contribution in [0.2, 0.25) is 5.02 Å². The van der Waals surface area contributed by atoms with Crippen molar-refractivity contribution >= 4 is 29.4 Å². The number of benzene rings is 1. The molecule has 4 heteroatoms. The monoisotopic (exact) mass is 208 g/mol. The van der Waals surface area contributed by atoms with E-state index in [0.717, 1.165) is 11.3 Å². The molecule has 1 aliphatic heterocycles. The van der Waals surface area contributed by atoms with Gasteiger partial charge in [-0.15, -0.1) is 0 Å². The number of anilines is 1. The maximum Gasteiger partial charge on any atom is 0.248 e. The third-order valence-corrected chi connectivity index (χ3v) is 2.42. The van der Waals surface area contributed by atoms with Crippen LogP contribution in [0.1, 0.15) is 5.56 Å². The Bertz CT molecular complexity index is 415. The minimum absolute atomic E-state index is 0.0117. The van der Waals surface area contributed by atoms with Crippen molar-refractivity contribution in [2.75, 3.05) is 18.5 Å². The molecule has 1 aliphatic rings. The van der Waals surface area contributed by atoms with Crippen molar-refractivity contribution in [3.63, 3.8) is 0 Å². The number of amides is 1. The molecule has 0 saturated heterocycles. The van der Waals surface area contributed by atoms with Gasteiger partial charge in [0.1, 0.15) is 6.54 Å². The number of halogens is 1. The standard InChI is InChI=1S/C10H9ClN2O/c1-13-9-3-2-8(11)4-7(9)5-12-6-10(13)14/h2-5H,6H2,1H3. The molecule has 0 radical (unpaired) electrons. The van der Waals surface area contributed by atoms with Crippen molar-refractivity contribution in [3.8, 4) is 0 Å². The van der Waals surface area contributed by atoms with E-state index in [9.17, 15) is 4.79 Å². The van der Waals surface area contributed by atoms with Crippen molar-refractivity contribution in [2.24, 2.45) is 4.99 Å². The largest absolute Gasteiger partial charge is 0.313 e. The molecule has 1 heterocycles. The van der Waals surface area contributed by atoms with Crippen LogP contribution in [0.4, 0.5) is 5.69 Å². The van der Waals surface area contributed by atoms with E-state index in [1.807, 2.05) is 6.07 Å². The molecule has 0 bridgehead atoms. The van der Waals surface area contributed by atoms with Gasteiger partial charge in [-0.1, -0.05) is 11.6 Å². The Morgan fingerprint density at radius 1 is 1.50 bits per heavy atom. The van der Waals surface area contributed by atoms with Gasteiger partial charge in [-0.3, -0.25) is 9.79 Å². The maximum absolute atomic E-state index is 11.4. The van der Waals surface area contributed by atoms with Crippen LogP contribution >= 0.6 is 11.6 Å². The number of nitrogens with zero attached hydrogens (tertiary/aromatic N) is 2. The highest BCUT2D eigenvalue weighted by molar-refractivity contribution is 6.31. The minimum atomic E-state index is -0.0117. The Hall–Kier alpha value is -1.35. The zero-order valence-corrected chi connectivity index (χ0v) is 8.45. The van der Waals surface area contributed by atoms with Crippen LogP contribution in [0.15, 0.2) is 23.2 Å². The van der Waals surface area contributed by atoms with Crippen LogP contribution in [-0.4, -0.2) is 25.7 Å². The van der Waals surface area contributed by atoms with Gasteiger partial charge in [0.05, 0.1) is 5.69 Å². The summed E-state index contributed by atoms with van der Waals surface area (Å²) in [5.41, 5.74) is 1.73. The summed E-state index contributed by atoms with van der Waals surface area (Å²) in [5, 5.41) is 0.651. The van der Waals surface area contributed by atoms with Gasteiger partial charge in [0.25, 0.3) is 0 Å². The SMILES string of the molecule is CN1C(=O)CN=Cc2cc(Cl)ccc21. The average molecular weight is 209 g/mol. The van der Waals surface area contributed by atoms with E-state index in [1.165, 1.54) is 0 Å². The number of likely N-dealkylation sites (N-methyl/N-ethyl adjacent to an activating group) is 1. The second kappa shape index (κ2) is 3.42. The van der Waals surface area contributed by atoms with Gasteiger partial charge >= 0.3 is 0 Å². The number of fused-ring (bicyclic) bond motifs is 1. The van der Waals surface area contributed by atoms with Crippen molar-refractivity contribution in [2.45, 2.75) is 0 Å². The van der Waals surface area contributed by atoms with E-state index in [2.05, 4.69) is 4.99 Å². The Morgan fingerprint density at radius 2 is 2.29 bits per heavy atom. The van der Waals surface area contributed by atoms with Crippen LogP contribution in [-0.2, 0) is 4.79 Å². The van der Waals surface area contributed by atoms with Crippen LogP contribution < -0.4 is 4.90 Å². The molecule has 0 atom stereocenters. The molecule has 1 aromatic rings. The Labute approximate surface area is 87.0 Å². The fraction of sp³-hybridized carbons (Fsp3) is 0.200. The van der Waals surface area contributed by atoms with E-state index in [-0.39, 0.29) is 12.5 Å². The molecule has 0 aromatic heterocycles. The maximum atomic E-state index is 11.4. The topological polar surface area (TPSA) is 32.7 Å². The average Bonchev–Trinajstić information content (AvgIpc) is 2.28. The molecular formula is C10H9ClN2O. The predicted molar refractivity (Wildman–Crippen MR) is 57.3 cm³/mol. The lowest BCUT2D eigenvalue weighted by molar-refractivity contribution is -0.116. The summed E-state index contributed by atoms with van der Waals surface area (Å²) in [4.78, 5) is 17.0. The summed E-state index contributed by atoms with van der Waals surface area (Å²) in [5.74, 6) is -0.0117. The zero-order valence-electron chi connectivity index (χ0n) is 7.70. The highest BCUT2D eigenvalue weighted by Gasteiger charge is 2.15. The van der Waals surface area contributed by atoms with E-state index < -0.39 is 0 Å². The smallest absolute Gasteiger partial charge is 0.248 e. The number of carbonyl (C=O) groups excluding carboxylic acids is 1. The van der Waals surface area contributed by atoms with E-state index in [4.69, 9.17) is 11.6 Å². The highest BCUT2D eigenvalue weighted by Crippen LogP contribution is 2.23. The fourth-order valence-corrected chi connectivity index (χ4v) is 1.58. The number of carbonyl (C=O) groups is 1. The summed E-state index contributed by atoms with van der Waals surface area (Å²) in [6.45, 7) is 0.197. The predicted octanol–water partition coefficient (Wildman–Crippen LogP) is 1.74. The summed E-state index contributed by atoms with van der Waals surface area (Å²) in [6, 6.07) is 5.39. The Morgan fingerprint density at radius 3 is 3.07 bits per heavy atom. The minimum Gasteiger partial charge on any atom is -0.313 e. The summed E-state index contributed by atoms with van der Waals surface area (Å²) < 4.78 is 0. The first-order valence-electron chi connectivity index (χ1n) is 4.24. The summed E-state index contributed by atoms with van der Waals surface area (Å²) in [6.07, 6.45) is 1.68. The van der Waals surface area contributed by atoms with Crippen molar-refractivity contribution in [1.82, 2.24) is 0 Å². The van der Waals surface area contributed by atoms with Crippen molar-refractivity contribution < 1.29 is 4.79 Å². The fourth-order valence-electron chi connectivity index (χ4n) is 1.40. The van der Waals surface area contributed by atoms with Gasteiger partial charge in [0.15, 0.2) is 0 Å². The lowest BCUT2D eigenvalue weighted by Crippen LogP contribution is -2.27. The first kappa shape index (κ1) is 9.21. The molecule has 1 amide bonds. The molecule has 2 rings (SSSR count). The molecule has 72 valence electrons. The van der Waals surface area contributed by atoms with Crippen LogP contribution in [0.25, 0.3) is 0 Å². The molecule has 0 aliphatic carbocycles. The molecule has 14 heavy (non-hydrogen) atoms. The third-order valence-electron chi connectivity index (χ3n) is 2.18. The molecular weight excluding hydrogens is 200 g/mol. The van der Waals surface area contributed by atoms with Crippen molar-refractivity contribution in [1.29, 1.82) is 0 Å². The molecule has 0 N–H and O–H groups in total. The molecule has 1 aromatic carbocycles. The number of rotatable bonds is 0. The van der Waals surface area contributed by atoms with Crippen LogP contribution in [0.3, 0.4) is 0 Å². The first-order chi connectivity index (χ1) is 6.68. The zero-order chi connectivity index (χ0) is 10.1. The lowest BCUT2D eigenvalue weighted by Gasteiger charge is -2.16. The second-order valence-corrected chi connectivity index (χ2v) is 3.56. The van der Waals surface area contributed by atoms with Gasteiger partial charge < -0.3 is 4.90 Å². The summed E-state index contributed by atoms with van der Waals surface area (Å²) >= 11 is 5.85. The Balaban J connectivity index is 2.56. The van der Waals surface area contributed by atoms with E-state index in [0.29, 0.717) is 5.02 Å². The summed E-state index contributed by atoms with van der Waals surface area (Å²) in [7, 11) is 1.74. The molecule has 0 saturated carbocycles. The van der Waals surface area contributed by atoms with E-state index >= 15 is 0 Å². The van der Waals surface area contributed by atoms with Gasteiger partial charge in [-0.05, 0) is 18.2 Å². The highest BCUT2D eigenvalue weighted by atomic mass is 35.5. The number of benzodiazepines with no additional fused rings is 1. The number of hydrogen-bond donors (Lipinski definition) is 0. The van der Waals surface area contributed by atoms with Gasteiger partial charge in [0.2, 0.25) is 5.91 Å². The molecule has 3 nitrogen and oxygen atoms in total. The van der Waals surface area contributed by atoms with Crippen LogP contribution in [0.5, 0.6) is 0 Å². The second-order valence-electron chi connectivity index (χ2n) is 3.13. The van der Waals surface area contributed by atoms with Gasteiger partial charge in [-0.2, -0.15) is 0 Å². The van der Waals surface area contributed by atoms with Crippen LogP contribution in [0, 0.1) is 0 Å². The first-order valence-corrected chi connectivity index (χ1v) is 4.62. The molecule has 0 spiro atoms. The molecule has 0 unspecified atom stereocenters. The molecule has 0 fully saturated rings. The lowest BCUT2D eigenvalue weighted by atomic mass is 10.2. The van der Waals surface area contributed by atoms with E-state index in [1.54, 1.807) is 30.3 Å². The van der Waals surface area contributed by atoms with Crippen molar-refractivity contribution in [3.05, 3.63) is 28.8 Å². The number of aliphatic imine (C=N–C) groups is 1.